The molecule has 0 amide bonds. The first kappa shape index (κ1) is 9.89. The first-order chi connectivity index (χ1) is 6.83. The molecule has 2 heterocycles. The van der Waals surface area contributed by atoms with E-state index < -0.39 is 0 Å². The van der Waals surface area contributed by atoms with Gasteiger partial charge >= 0.3 is 0 Å². The molecule has 78 valence electrons. The third-order valence-electron chi connectivity index (χ3n) is 2.34. The second-order valence-corrected chi connectivity index (χ2v) is 4.22. The molecular weight excluding hydrogens is 200 g/mol. The highest BCUT2D eigenvalue weighted by Gasteiger charge is 2.23. The summed E-state index contributed by atoms with van der Waals surface area (Å²) < 4.78 is 14.9. The molecule has 1 fully saturated rings. The fraction of sp³-hybridized carbons (Fsp3) is 0.667. The summed E-state index contributed by atoms with van der Waals surface area (Å²) in [5.74, 6) is 0.732. The minimum absolute atomic E-state index is 0.234. The lowest BCUT2D eigenvalue weighted by Crippen LogP contribution is -2.34. The molecule has 1 aliphatic heterocycles. The van der Waals surface area contributed by atoms with Crippen molar-refractivity contribution in [3.8, 4) is 5.88 Å². The van der Waals surface area contributed by atoms with E-state index in [1.54, 1.807) is 7.11 Å². The third kappa shape index (κ3) is 1.75. The summed E-state index contributed by atoms with van der Waals surface area (Å²) in [6.07, 6.45) is 0. The Morgan fingerprint density at radius 3 is 3.14 bits per heavy atom. The molecule has 1 N–H and O–H groups in total. The lowest BCUT2D eigenvalue weighted by molar-refractivity contribution is 0.0759. The van der Waals surface area contributed by atoms with Gasteiger partial charge in [0.05, 0.1) is 26.4 Å². The quantitative estimate of drug-likeness (QED) is 0.801. The average molecular weight is 214 g/mol. The van der Waals surface area contributed by atoms with E-state index in [1.807, 2.05) is 0 Å². The van der Waals surface area contributed by atoms with E-state index >= 15 is 0 Å². The van der Waals surface area contributed by atoms with Gasteiger partial charge in [-0.25, -0.2) is 0 Å². The third-order valence-corrected chi connectivity index (χ3v) is 3.09. The summed E-state index contributed by atoms with van der Waals surface area (Å²) in [4.78, 5) is 1.20. The smallest absolute Gasteiger partial charge is 0.230 e. The lowest BCUT2D eigenvalue weighted by atomic mass is 10.1. The number of aromatic nitrogens is 1. The van der Waals surface area contributed by atoms with Crippen LogP contribution in [0.4, 0.5) is 0 Å². The van der Waals surface area contributed by atoms with Crippen molar-refractivity contribution >= 4 is 11.5 Å². The first-order valence-electron chi connectivity index (χ1n) is 4.64. The van der Waals surface area contributed by atoms with Gasteiger partial charge < -0.3 is 14.8 Å². The van der Waals surface area contributed by atoms with Gasteiger partial charge in [-0.2, -0.15) is 4.37 Å². The largest absolute Gasteiger partial charge is 0.480 e. The molecule has 0 aliphatic carbocycles. The van der Waals surface area contributed by atoms with Crippen LogP contribution in [0.1, 0.15) is 16.5 Å². The number of hydrogen-bond acceptors (Lipinski definition) is 5. The van der Waals surface area contributed by atoms with Gasteiger partial charge in [-0.15, -0.1) is 0 Å². The van der Waals surface area contributed by atoms with Crippen LogP contribution < -0.4 is 10.1 Å². The molecule has 14 heavy (non-hydrogen) atoms. The van der Waals surface area contributed by atoms with E-state index in [0.29, 0.717) is 6.61 Å². The monoisotopic (exact) mass is 214 g/mol. The summed E-state index contributed by atoms with van der Waals surface area (Å²) in [5, 5.41) is 3.40. The Labute approximate surface area is 87.4 Å². The summed E-state index contributed by atoms with van der Waals surface area (Å²) >= 11 is 1.48. The number of methoxy groups -OCH3 is 1. The molecule has 1 atom stereocenters. The second-order valence-electron chi connectivity index (χ2n) is 3.24. The van der Waals surface area contributed by atoms with Crippen LogP contribution in [0.3, 0.4) is 0 Å². The summed E-state index contributed by atoms with van der Waals surface area (Å²) in [6.45, 7) is 4.44. The van der Waals surface area contributed by atoms with Crippen LogP contribution in [-0.2, 0) is 4.74 Å². The van der Waals surface area contributed by atoms with Crippen LogP contribution in [0.25, 0.3) is 0 Å². The Balaban J connectivity index is 2.23. The number of morpholine rings is 1. The summed E-state index contributed by atoms with van der Waals surface area (Å²) in [7, 11) is 1.65. The summed E-state index contributed by atoms with van der Waals surface area (Å²) in [6, 6.07) is 0.234. The maximum atomic E-state index is 5.42. The van der Waals surface area contributed by atoms with Gasteiger partial charge in [0, 0.05) is 17.0 Å². The number of rotatable bonds is 2. The van der Waals surface area contributed by atoms with Crippen molar-refractivity contribution in [2.24, 2.45) is 0 Å². The predicted molar refractivity (Wildman–Crippen MR) is 55.0 cm³/mol. The minimum Gasteiger partial charge on any atom is -0.480 e. The van der Waals surface area contributed by atoms with E-state index in [-0.39, 0.29) is 6.04 Å². The molecule has 5 heteroatoms. The van der Waals surface area contributed by atoms with Crippen molar-refractivity contribution in [3.05, 3.63) is 10.4 Å². The summed E-state index contributed by atoms with van der Waals surface area (Å²) in [5.41, 5.74) is 1.15. The maximum Gasteiger partial charge on any atom is 0.230 e. The van der Waals surface area contributed by atoms with Crippen molar-refractivity contribution in [2.45, 2.75) is 13.0 Å². The molecule has 0 saturated carbocycles. The lowest BCUT2D eigenvalue weighted by Gasteiger charge is -2.24. The van der Waals surface area contributed by atoms with E-state index in [4.69, 9.17) is 9.47 Å². The van der Waals surface area contributed by atoms with Crippen molar-refractivity contribution in [1.82, 2.24) is 9.69 Å². The van der Waals surface area contributed by atoms with Gasteiger partial charge in [-0.3, -0.25) is 0 Å². The Kier molecular flexibility index (Phi) is 3.00. The molecule has 0 spiro atoms. The number of nitrogens with one attached hydrogen (secondary N) is 1. The highest BCUT2D eigenvalue weighted by atomic mass is 32.1. The normalized spacial score (nSPS) is 22.3. The van der Waals surface area contributed by atoms with Gasteiger partial charge in [0.15, 0.2) is 0 Å². The Hall–Kier alpha value is -0.650. The van der Waals surface area contributed by atoms with Gasteiger partial charge in [0.2, 0.25) is 5.88 Å². The standard InChI is InChI=1S/C9H14N2O2S/c1-6-8(9(12-2)11-14-6)7-5-13-4-3-10-7/h7,10H,3-5H2,1-2H3. The maximum absolute atomic E-state index is 5.42. The van der Waals surface area contributed by atoms with Gasteiger partial charge in [-0.1, -0.05) is 0 Å². The van der Waals surface area contributed by atoms with Crippen molar-refractivity contribution in [1.29, 1.82) is 0 Å². The molecule has 1 aliphatic rings. The highest BCUT2D eigenvalue weighted by Crippen LogP contribution is 2.31. The minimum atomic E-state index is 0.234. The number of aryl methyl sites for hydroxylation is 1. The van der Waals surface area contributed by atoms with Crippen molar-refractivity contribution in [3.63, 3.8) is 0 Å². The van der Waals surface area contributed by atoms with Crippen LogP contribution in [0.5, 0.6) is 5.88 Å². The molecule has 0 radical (unpaired) electrons. The molecule has 0 bridgehead atoms. The fourth-order valence-electron chi connectivity index (χ4n) is 1.65. The van der Waals surface area contributed by atoms with Crippen molar-refractivity contribution < 1.29 is 9.47 Å². The van der Waals surface area contributed by atoms with E-state index in [0.717, 1.165) is 24.6 Å². The van der Waals surface area contributed by atoms with E-state index in [2.05, 4.69) is 16.6 Å². The molecule has 2 rings (SSSR count). The second kappa shape index (κ2) is 4.25. The van der Waals surface area contributed by atoms with Crippen LogP contribution in [0, 0.1) is 6.92 Å². The predicted octanol–water partition coefficient (Wildman–Crippen LogP) is 1.12. The molecule has 4 nitrogen and oxygen atoms in total. The zero-order valence-electron chi connectivity index (χ0n) is 8.37. The molecule has 1 aromatic rings. The molecule has 0 aromatic carbocycles. The van der Waals surface area contributed by atoms with Crippen LogP contribution in [-0.4, -0.2) is 31.2 Å². The van der Waals surface area contributed by atoms with Gasteiger partial charge in [-0.05, 0) is 18.5 Å². The Morgan fingerprint density at radius 1 is 1.64 bits per heavy atom. The number of ether oxygens (including phenoxy) is 2. The zero-order chi connectivity index (χ0) is 9.97. The SMILES string of the molecule is COc1nsc(C)c1C1COCCN1. The molecule has 1 saturated heterocycles. The Bertz CT molecular complexity index is 308. The Morgan fingerprint density at radius 2 is 2.50 bits per heavy atom. The topological polar surface area (TPSA) is 43.4 Å². The van der Waals surface area contributed by atoms with Gasteiger partial charge in [0.25, 0.3) is 0 Å². The fourth-order valence-corrected chi connectivity index (χ4v) is 2.37. The number of nitrogens with zero attached hydrogens (tertiary/aromatic N) is 1. The van der Waals surface area contributed by atoms with Gasteiger partial charge in [0.1, 0.15) is 0 Å². The van der Waals surface area contributed by atoms with Crippen LogP contribution in [0.2, 0.25) is 0 Å². The zero-order valence-corrected chi connectivity index (χ0v) is 9.19. The average Bonchev–Trinajstić information content (AvgIpc) is 2.61. The van der Waals surface area contributed by atoms with Crippen LogP contribution >= 0.6 is 11.5 Å². The first-order valence-corrected chi connectivity index (χ1v) is 5.41. The van der Waals surface area contributed by atoms with E-state index in [1.165, 1.54) is 16.4 Å². The van der Waals surface area contributed by atoms with Crippen LogP contribution in [0.15, 0.2) is 0 Å². The van der Waals surface area contributed by atoms with Crippen molar-refractivity contribution in [2.75, 3.05) is 26.9 Å². The highest BCUT2D eigenvalue weighted by molar-refractivity contribution is 7.06. The molecule has 1 aromatic heterocycles. The number of hydrogen-bond donors (Lipinski definition) is 1. The molecule has 1 unspecified atom stereocenters. The van der Waals surface area contributed by atoms with E-state index in [9.17, 15) is 0 Å². The molecular formula is C9H14N2O2S.